The number of carbonyl (C=O) groups excluding carboxylic acids is 1. The molecule has 0 heterocycles. The zero-order valence-corrected chi connectivity index (χ0v) is 6.14. The quantitative estimate of drug-likeness (QED) is 0.457. The summed E-state index contributed by atoms with van der Waals surface area (Å²) in [5, 5.41) is 0. The molecule has 0 N–H and O–H groups in total. The Morgan fingerprint density at radius 2 is 2.33 bits per heavy atom. The molecule has 0 spiro atoms. The van der Waals surface area contributed by atoms with Crippen molar-refractivity contribution in [2.75, 3.05) is 6.61 Å². The van der Waals surface area contributed by atoms with E-state index in [1.165, 1.54) is 0 Å². The second-order valence-electron chi connectivity index (χ2n) is 1.38. The largest absolute Gasteiger partial charge is 0.424 e. The molecule has 9 heavy (non-hydrogen) atoms. The molecule has 0 bridgehead atoms. The minimum Gasteiger partial charge on any atom is -0.424 e. The first kappa shape index (κ1) is 8.72. The maximum atomic E-state index is 9.99. The molecule has 0 rings (SSSR count). The van der Waals surface area contributed by atoms with Crippen LogP contribution in [0.5, 0.6) is 0 Å². The van der Waals surface area contributed by atoms with Crippen molar-refractivity contribution in [1.82, 2.24) is 0 Å². The topological polar surface area (TPSA) is 35.5 Å². The van der Waals surface area contributed by atoms with Gasteiger partial charge in [-0.1, -0.05) is 0 Å². The highest BCUT2D eigenvalue weighted by Crippen LogP contribution is 1.96. The van der Waals surface area contributed by atoms with Gasteiger partial charge < -0.3 is 9.47 Å². The van der Waals surface area contributed by atoms with Crippen molar-refractivity contribution < 1.29 is 14.3 Å². The molecule has 0 aromatic heterocycles. The van der Waals surface area contributed by atoms with E-state index in [-0.39, 0.29) is 0 Å². The van der Waals surface area contributed by atoms with Gasteiger partial charge in [-0.25, -0.2) is 4.79 Å². The van der Waals surface area contributed by atoms with Gasteiger partial charge in [0.15, 0.2) is 0 Å². The van der Waals surface area contributed by atoms with Gasteiger partial charge in [-0.2, -0.15) is 0 Å². The number of ether oxygens (including phenoxy) is 2. The van der Waals surface area contributed by atoms with E-state index in [0.29, 0.717) is 6.61 Å². The first-order valence-corrected chi connectivity index (χ1v) is 3.02. The van der Waals surface area contributed by atoms with Crippen LogP contribution in [0, 0.1) is 0 Å². The number of hydrogen-bond donors (Lipinski definition) is 0. The summed E-state index contributed by atoms with van der Waals surface area (Å²) in [5.41, 5.74) is -0.837. The van der Waals surface area contributed by atoms with Crippen molar-refractivity contribution in [3.63, 3.8) is 0 Å². The highest BCUT2D eigenvalue weighted by molar-refractivity contribution is 6.61. The van der Waals surface area contributed by atoms with Crippen LogP contribution in [0.1, 0.15) is 13.8 Å². The molecule has 0 fully saturated rings. The van der Waals surface area contributed by atoms with Gasteiger partial charge in [-0.3, -0.25) is 0 Å². The van der Waals surface area contributed by atoms with Gasteiger partial charge in [0.25, 0.3) is 0 Å². The highest BCUT2D eigenvalue weighted by atomic mass is 35.5. The van der Waals surface area contributed by atoms with Gasteiger partial charge in [0.1, 0.15) is 0 Å². The summed E-state index contributed by atoms with van der Waals surface area (Å²) >= 11 is 4.87. The van der Waals surface area contributed by atoms with Gasteiger partial charge in [0, 0.05) is 18.2 Å². The molecule has 1 atom stereocenters. The molecule has 0 aliphatic rings. The SMILES string of the molecule is CCOC(C)OC(=O)Cl. The smallest absolute Gasteiger partial charge is 0.406 e. The van der Waals surface area contributed by atoms with Crippen LogP contribution in [-0.2, 0) is 9.47 Å². The molecule has 54 valence electrons. The predicted molar refractivity (Wildman–Crippen MR) is 33.4 cm³/mol. The van der Waals surface area contributed by atoms with Gasteiger partial charge >= 0.3 is 5.43 Å². The summed E-state index contributed by atoms with van der Waals surface area (Å²) in [4.78, 5) is 9.99. The van der Waals surface area contributed by atoms with E-state index in [9.17, 15) is 4.79 Å². The van der Waals surface area contributed by atoms with Crippen LogP contribution in [0.4, 0.5) is 4.79 Å². The van der Waals surface area contributed by atoms with Crippen LogP contribution >= 0.6 is 11.6 Å². The van der Waals surface area contributed by atoms with E-state index in [2.05, 4.69) is 4.74 Å². The minimum absolute atomic E-state index is 0.505. The van der Waals surface area contributed by atoms with Crippen molar-refractivity contribution in [1.29, 1.82) is 0 Å². The van der Waals surface area contributed by atoms with Gasteiger partial charge in [0.2, 0.25) is 6.29 Å². The average Bonchev–Trinajstić information content (AvgIpc) is 1.63. The third kappa shape index (κ3) is 5.59. The van der Waals surface area contributed by atoms with Crippen LogP contribution in [-0.4, -0.2) is 18.3 Å². The number of carbonyl (C=O) groups is 1. The van der Waals surface area contributed by atoms with E-state index in [1.54, 1.807) is 13.8 Å². The van der Waals surface area contributed by atoms with E-state index < -0.39 is 11.7 Å². The standard InChI is InChI=1S/C5H9ClO3/c1-3-8-4(2)9-5(6)7/h4H,3H2,1-2H3. The molecular weight excluding hydrogens is 144 g/mol. The second kappa shape index (κ2) is 4.58. The summed E-state index contributed by atoms with van der Waals surface area (Å²) in [6.45, 7) is 3.91. The Morgan fingerprint density at radius 3 is 2.67 bits per heavy atom. The molecule has 0 aromatic carbocycles. The number of hydrogen-bond acceptors (Lipinski definition) is 3. The Kier molecular flexibility index (Phi) is 4.44. The lowest BCUT2D eigenvalue weighted by Crippen LogP contribution is -2.13. The fourth-order valence-electron chi connectivity index (χ4n) is 0.399. The van der Waals surface area contributed by atoms with Crippen molar-refractivity contribution in [3.8, 4) is 0 Å². The van der Waals surface area contributed by atoms with Gasteiger partial charge in [0.05, 0.1) is 0 Å². The van der Waals surface area contributed by atoms with E-state index >= 15 is 0 Å². The fourth-order valence-corrected chi connectivity index (χ4v) is 0.525. The molecule has 0 saturated heterocycles. The molecule has 0 amide bonds. The highest BCUT2D eigenvalue weighted by Gasteiger charge is 2.03. The molecular formula is C5H9ClO3. The lowest BCUT2D eigenvalue weighted by atomic mass is 10.7. The Balaban J connectivity index is 3.26. The average molecular weight is 153 g/mol. The van der Waals surface area contributed by atoms with Crippen LogP contribution in [0.15, 0.2) is 0 Å². The summed E-state index contributed by atoms with van der Waals surface area (Å²) < 4.78 is 9.22. The summed E-state index contributed by atoms with van der Waals surface area (Å²) in [6, 6.07) is 0. The Morgan fingerprint density at radius 1 is 1.78 bits per heavy atom. The lowest BCUT2D eigenvalue weighted by molar-refractivity contribution is -0.0793. The zero-order valence-electron chi connectivity index (χ0n) is 5.39. The predicted octanol–water partition coefficient (Wildman–Crippen LogP) is 1.74. The summed E-state index contributed by atoms with van der Waals surface area (Å²) in [5.74, 6) is 0. The first-order valence-electron chi connectivity index (χ1n) is 2.64. The molecule has 0 aromatic rings. The second-order valence-corrected chi connectivity index (χ2v) is 1.69. The van der Waals surface area contributed by atoms with Crippen LogP contribution in [0.2, 0.25) is 0 Å². The third-order valence-corrected chi connectivity index (χ3v) is 0.749. The Labute approximate surface area is 58.9 Å². The summed E-state index contributed by atoms with van der Waals surface area (Å²) in [6.07, 6.45) is -0.542. The maximum Gasteiger partial charge on any atom is 0.406 e. The fraction of sp³-hybridized carbons (Fsp3) is 0.800. The molecule has 0 radical (unpaired) electrons. The summed E-state index contributed by atoms with van der Waals surface area (Å²) in [7, 11) is 0. The van der Waals surface area contributed by atoms with E-state index in [4.69, 9.17) is 16.3 Å². The monoisotopic (exact) mass is 152 g/mol. The van der Waals surface area contributed by atoms with E-state index in [0.717, 1.165) is 0 Å². The normalized spacial score (nSPS) is 12.8. The van der Waals surface area contributed by atoms with Gasteiger partial charge in [-0.05, 0) is 13.8 Å². The van der Waals surface area contributed by atoms with Crippen molar-refractivity contribution in [3.05, 3.63) is 0 Å². The molecule has 1 unspecified atom stereocenters. The van der Waals surface area contributed by atoms with Crippen molar-refractivity contribution >= 4 is 17.0 Å². The zero-order chi connectivity index (χ0) is 7.28. The van der Waals surface area contributed by atoms with Gasteiger partial charge in [-0.15, -0.1) is 0 Å². The minimum atomic E-state index is -0.837. The first-order chi connectivity index (χ1) is 4.16. The van der Waals surface area contributed by atoms with E-state index in [1.807, 2.05) is 0 Å². The number of rotatable bonds is 3. The number of halogens is 1. The van der Waals surface area contributed by atoms with Crippen LogP contribution in [0.25, 0.3) is 0 Å². The van der Waals surface area contributed by atoms with Crippen molar-refractivity contribution in [2.24, 2.45) is 0 Å². The van der Waals surface area contributed by atoms with Crippen LogP contribution in [0.3, 0.4) is 0 Å². The lowest BCUT2D eigenvalue weighted by Gasteiger charge is -2.08. The molecule has 0 aliphatic carbocycles. The Hall–Kier alpha value is -0.280. The third-order valence-electron chi connectivity index (χ3n) is 0.660. The molecule has 0 aliphatic heterocycles. The molecule has 0 saturated carbocycles. The molecule has 3 nitrogen and oxygen atoms in total. The van der Waals surface area contributed by atoms with Crippen molar-refractivity contribution in [2.45, 2.75) is 20.1 Å². The van der Waals surface area contributed by atoms with Crippen LogP contribution < -0.4 is 0 Å². The maximum absolute atomic E-state index is 9.99. The Bertz CT molecular complexity index is 94.2. The molecule has 4 heteroatoms.